The van der Waals surface area contributed by atoms with Gasteiger partial charge in [-0.05, 0) is 65.6 Å². The van der Waals surface area contributed by atoms with Crippen molar-refractivity contribution in [3.05, 3.63) is 40.7 Å². The first-order valence-corrected chi connectivity index (χ1v) is 20.7. The zero-order valence-corrected chi connectivity index (χ0v) is 35.3. The Morgan fingerprint density at radius 2 is 1.81 bits per heavy atom. The minimum absolute atomic E-state index is 0.00791. The van der Waals surface area contributed by atoms with E-state index in [9.17, 15) is 29.1 Å². The lowest BCUT2D eigenvalue weighted by molar-refractivity contribution is -0.146. The molecule has 2 aromatic heterocycles. The van der Waals surface area contributed by atoms with Crippen LogP contribution >= 0.6 is 27.3 Å². The van der Waals surface area contributed by atoms with Gasteiger partial charge in [-0.25, -0.2) is 19.6 Å². The number of nitrogens with one attached hydrogen (secondary N) is 3. The third-order valence-corrected chi connectivity index (χ3v) is 12.2. The Bertz CT molecular complexity index is 2080. The number of halogens is 1. The summed E-state index contributed by atoms with van der Waals surface area (Å²) in [6.07, 6.45) is 3.37. The summed E-state index contributed by atoms with van der Waals surface area (Å²) in [5, 5.41) is 21.2. The average Bonchev–Trinajstić information content (AvgIpc) is 3.57. The summed E-state index contributed by atoms with van der Waals surface area (Å²) < 4.78 is 18.5. The number of rotatable bonds is 13. The van der Waals surface area contributed by atoms with Crippen LogP contribution in [-0.2, 0) is 23.9 Å². The Kier molecular flexibility index (Phi) is 12.2. The summed E-state index contributed by atoms with van der Waals surface area (Å²) in [5.41, 5.74) is -0.945. The lowest BCUT2D eigenvalue weighted by Crippen LogP contribution is -2.59. The van der Waals surface area contributed by atoms with Gasteiger partial charge in [0.1, 0.15) is 47.0 Å². The molecule has 0 spiro atoms. The number of nitrogens with zero attached hydrogens (tertiary/aromatic N) is 3. The van der Waals surface area contributed by atoms with Crippen LogP contribution in [0.3, 0.4) is 0 Å². The van der Waals surface area contributed by atoms with E-state index in [4.69, 9.17) is 19.2 Å². The van der Waals surface area contributed by atoms with E-state index in [1.807, 2.05) is 0 Å². The zero-order chi connectivity index (χ0) is 41.4. The molecule has 57 heavy (non-hydrogen) atoms. The molecule has 15 nitrogen and oxygen atoms in total. The SMILES string of the molecule is C=C[C@H]1C[C@@]1(NC(=O)[C@@H]1C[C@@H](Oc2cc(-c3csc(NC(=O)C(C)C)n3)nc3c(Br)c(OC)ccc23)CN1C(=O)[C@@H](NC(=O)OC1CCCC1)C(C)(C)C)C(=O)O. The highest BCUT2D eigenvalue weighted by atomic mass is 79.9. The van der Waals surface area contributed by atoms with Crippen LogP contribution in [0.4, 0.5) is 9.93 Å². The van der Waals surface area contributed by atoms with Crippen molar-refractivity contribution in [1.82, 2.24) is 25.5 Å². The lowest BCUT2D eigenvalue weighted by atomic mass is 9.85. The number of carbonyl (C=O) groups is 5. The van der Waals surface area contributed by atoms with Crippen LogP contribution in [0, 0.1) is 17.3 Å². The molecule has 5 atom stereocenters. The number of aliphatic carboxylic acids is 1. The Balaban J connectivity index is 1.34. The molecule has 2 saturated carbocycles. The molecule has 3 aliphatic rings. The highest BCUT2D eigenvalue weighted by Gasteiger charge is 2.61. The number of hydrogen-bond donors (Lipinski definition) is 4. The second-order valence-electron chi connectivity index (χ2n) is 16.2. The molecule has 306 valence electrons. The number of methoxy groups -OCH3 is 1. The van der Waals surface area contributed by atoms with Gasteiger partial charge in [-0.3, -0.25) is 14.4 Å². The number of carboxylic acid groups (broad SMARTS) is 1. The van der Waals surface area contributed by atoms with E-state index in [1.165, 1.54) is 29.4 Å². The number of fused-ring (bicyclic) bond motifs is 1. The van der Waals surface area contributed by atoms with Crippen molar-refractivity contribution in [2.75, 3.05) is 19.0 Å². The number of alkyl carbamates (subject to hydrolysis) is 1. The molecule has 4 N–H and O–H groups in total. The van der Waals surface area contributed by atoms with E-state index in [2.05, 4.69) is 43.4 Å². The Hall–Kier alpha value is -4.77. The summed E-state index contributed by atoms with van der Waals surface area (Å²) in [6, 6.07) is 3.01. The van der Waals surface area contributed by atoms with Gasteiger partial charge in [0.25, 0.3) is 0 Å². The van der Waals surface area contributed by atoms with Gasteiger partial charge in [0.15, 0.2) is 5.13 Å². The number of pyridine rings is 1. The molecule has 1 aromatic carbocycles. The van der Waals surface area contributed by atoms with Crippen molar-refractivity contribution in [2.45, 2.75) is 103 Å². The van der Waals surface area contributed by atoms with Gasteiger partial charge in [-0.15, -0.1) is 17.9 Å². The molecular formula is C40H49BrN6O9S. The van der Waals surface area contributed by atoms with E-state index >= 15 is 0 Å². The molecular weight excluding hydrogens is 820 g/mol. The predicted molar refractivity (Wildman–Crippen MR) is 217 cm³/mol. The normalized spacial score (nSPS) is 22.5. The van der Waals surface area contributed by atoms with Crippen molar-refractivity contribution in [3.63, 3.8) is 0 Å². The van der Waals surface area contributed by atoms with Gasteiger partial charge in [-0.2, -0.15) is 0 Å². The Morgan fingerprint density at radius 3 is 2.42 bits per heavy atom. The molecule has 1 aliphatic heterocycles. The molecule has 0 radical (unpaired) electrons. The van der Waals surface area contributed by atoms with E-state index in [-0.39, 0.29) is 37.3 Å². The third kappa shape index (κ3) is 8.88. The van der Waals surface area contributed by atoms with Crippen molar-refractivity contribution in [3.8, 4) is 22.9 Å². The molecule has 3 aromatic rings. The first-order valence-electron chi connectivity index (χ1n) is 19.0. The van der Waals surface area contributed by atoms with Crippen molar-refractivity contribution in [1.29, 1.82) is 0 Å². The third-order valence-electron chi connectivity index (χ3n) is 10.7. The van der Waals surface area contributed by atoms with E-state index in [0.29, 0.717) is 43.4 Å². The summed E-state index contributed by atoms with van der Waals surface area (Å²) >= 11 is 4.87. The Morgan fingerprint density at radius 1 is 1.09 bits per heavy atom. The van der Waals surface area contributed by atoms with Gasteiger partial charge in [-0.1, -0.05) is 40.7 Å². The van der Waals surface area contributed by atoms with Crippen molar-refractivity contribution >= 4 is 73.1 Å². The molecule has 3 heterocycles. The molecule has 2 aliphatic carbocycles. The minimum Gasteiger partial charge on any atom is -0.495 e. The number of carbonyl (C=O) groups excluding carboxylic acids is 4. The largest absolute Gasteiger partial charge is 0.495 e. The number of carboxylic acids is 1. The van der Waals surface area contributed by atoms with Crippen LogP contribution in [0.25, 0.3) is 22.3 Å². The monoisotopic (exact) mass is 868 g/mol. The van der Waals surface area contributed by atoms with Crippen LogP contribution in [0.5, 0.6) is 11.5 Å². The standard InChI is InChI=1S/C40H49BrN6O9S/c1-8-21-17-40(21,36(51)52)46-34(49)27-15-23(18-47(27)35(50)32(39(4,5)6)44-38(53)56-22-11-9-10-12-22)55-29-16-25(26-19-57-37(43-26)45-33(48)20(2)3)42-31-24(29)13-14-28(54-7)30(31)41/h8,13-14,16,19-23,27,32H,1,9-12,15,17-18H2,2-7H3,(H,44,53)(H,46,49)(H,51,52)(H,43,45,48)/t21-,23+,27-,32+,40-/m0/s1. The summed E-state index contributed by atoms with van der Waals surface area (Å²) in [4.78, 5) is 77.5. The zero-order valence-electron chi connectivity index (χ0n) is 32.8. The topological polar surface area (TPSA) is 198 Å². The number of ether oxygens (including phenoxy) is 3. The average molecular weight is 870 g/mol. The molecule has 3 fully saturated rings. The first kappa shape index (κ1) is 41.9. The molecule has 6 rings (SSSR count). The fourth-order valence-corrected chi connectivity index (χ4v) is 8.59. The number of aromatic nitrogens is 2. The van der Waals surface area contributed by atoms with Crippen LogP contribution < -0.4 is 25.4 Å². The number of benzene rings is 1. The number of amides is 4. The van der Waals surface area contributed by atoms with E-state index < -0.39 is 58.9 Å². The summed E-state index contributed by atoms with van der Waals surface area (Å²) in [5.74, 6) is -2.40. The summed E-state index contributed by atoms with van der Waals surface area (Å²) in [6.45, 7) is 12.6. The van der Waals surface area contributed by atoms with Gasteiger partial charge in [0.2, 0.25) is 17.7 Å². The van der Waals surface area contributed by atoms with Crippen LogP contribution in [-0.4, -0.2) is 93.2 Å². The Labute approximate surface area is 343 Å². The van der Waals surface area contributed by atoms with E-state index in [1.54, 1.807) is 58.2 Å². The maximum atomic E-state index is 14.6. The van der Waals surface area contributed by atoms with Gasteiger partial charge in [0, 0.05) is 35.1 Å². The molecule has 0 bridgehead atoms. The number of anilines is 1. The first-order chi connectivity index (χ1) is 26.9. The van der Waals surface area contributed by atoms with E-state index in [0.717, 1.165) is 25.7 Å². The molecule has 0 unspecified atom stereocenters. The van der Waals surface area contributed by atoms with Crippen molar-refractivity contribution in [2.24, 2.45) is 17.3 Å². The minimum atomic E-state index is -1.54. The van der Waals surface area contributed by atoms with Gasteiger partial charge >= 0.3 is 12.1 Å². The number of likely N-dealkylation sites (tertiary alicyclic amines) is 1. The molecule has 4 amide bonds. The molecule has 17 heteroatoms. The lowest BCUT2D eigenvalue weighted by Gasteiger charge is -2.35. The number of hydrogen-bond acceptors (Lipinski definition) is 11. The van der Waals surface area contributed by atoms with Gasteiger partial charge in [0.05, 0.1) is 29.3 Å². The maximum Gasteiger partial charge on any atom is 0.408 e. The summed E-state index contributed by atoms with van der Waals surface area (Å²) in [7, 11) is 1.54. The highest BCUT2D eigenvalue weighted by Crippen LogP contribution is 2.45. The fraction of sp³-hybridized carbons (Fsp3) is 0.525. The quantitative estimate of drug-likeness (QED) is 0.141. The predicted octanol–water partition coefficient (Wildman–Crippen LogP) is 6.30. The van der Waals surface area contributed by atoms with Crippen LogP contribution in [0.15, 0.2) is 40.7 Å². The van der Waals surface area contributed by atoms with Crippen LogP contribution in [0.2, 0.25) is 0 Å². The van der Waals surface area contributed by atoms with Crippen molar-refractivity contribution < 1.29 is 43.3 Å². The second kappa shape index (κ2) is 16.6. The second-order valence-corrected chi connectivity index (χ2v) is 17.9. The molecule has 1 saturated heterocycles. The van der Waals surface area contributed by atoms with Crippen LogP contribution in [0.1, 0.15) is 73.1 Å². The highest BCUT2D eigenvalue weighted by molar-refractivity contribution is 9.10. The van der Waals surface area contributed by atoms with Gasteiger partial charge < -0.3 is 40.2 Å². The fourth-order valence-electron chi connectivity index (χ4n) is 7.29. The smallest absolute Gasteiger partial charge is 0.408 e. The maximum absolute atomic E-state index is 14.6. The number of thiazole rings is 1.